The van der Waals surface area contributed by atoms with E-state index in [0.717, 1.165) is 21.2 Å². The van der Waals surface area contributed by atoms with Gasteiger partial charge in [-0.3, -0.25) is 4.79 Å². The fourth-order valence-corrected chi connectivity index (χ4v) is 3.73. The molecule has 0 heterocycles. The summed E-state index contributed by atoms with van der Waals surface area (Å²) in [6, 6.07) is 29.9. The van der Waals surface area contributed by atoms with Crippen molar-refractivity contribution in [2.45, 2.75) is 13.2 Å². The van der Waals surface area contributed by atoms with Gasteiger partial charge in [0.1, 0.15) is 24.7 Å². The molecule has 0 unspecified atom stereocenters. The highest BCUT2D eigenvalue weighted by Gasteiger charge is 2.12. The average molecular weight is 550 g/mol. The number of hydrazone groups is 1. The molecule has 35 heavy (non-hydrogen) atoms. The van der Waals surface area contributed by atoms with Crippen LogP contribution in [0.5, 0.6) is 11.5 Å². The third kappa shape index (κ3) is 7.18. The lowest BCUT2D eigenvalue weighted by molar-refractivity contribution is 0.0950. The van der Waals surface area contributed by atoms with Crippen LogP contribution in [-0.4, -0.2) is 12.1 Å². The van der Waals surface area contributed by atoms with Crippen molar-refractivity contribution in [3.63, 3.8) is 0 Å². The Morgan fingerprint density at radius 3 is 2.26 bits per heavy atom. The van der Waals surface area contributed by atoms with Crippen molar-refractivity contribution in [2.75, 3.05) is 0 Å². The number of rotatable bonds is 9. The largest absolute Gasteiger partial charge is 0.488 e. The van der Waals surface area contributed by atoms with Gasteiger partial charge in [0.05, 0.1) is 11.8 Å². The first-order chi connectivity index (χ1) is 17.1. The first kappa shape index (κ1) is 24.5. The van der Waals surface area contributed by atoms with Crippen molar-refractivity contribution in [1.29, 1.82) is 0 Å². The lowest BCUT2D eigenvalue weighted by Crippen LogP contribution is -2.18. The third-order valence-corrected chi connectivity index (χ3v) is 5.76. The van der Waals surface area contributed by atoms with Crippen LogP contribution in [0.15, 0.2) is 107 Å². The molecule has 0 bridgehead atoms. The van der Waals surface area contributed by atoms with Gasteiger partial charge in [0.25, 0.3) is 5.91 Å². The van der Waals surface area contributed by atoms with Gasteiger partial charge in [0.2, 0.25) is 0 Å². The van der Waals surface area contributed by atoms with Crippen molar-refractivity contribution < 1.29 is 14.3 Å². The molecule has 1 N–H and O–H groups in total. The van der Waals surface area contributed by atoms with Crippen LogP contribution in [-0.2, 0) is 13.2 Å². The van der Waals surface area contributed by atoms with Gasteiger partial charge in [-0.1, -0.05) is 82.1 Å². The summed E-state index contributed by atoms with van der Waals surface area (Å²) in [6.45, 7) is 0.735. The molecule has 0 fully saturated rings. The molecular formula is C28H22BrClN2O3. The fraction of sp³-hybridized carbons (Fsp3) is 0.0714. The number of carbonyl (C=O) groups excluding carboxylic acids is 1. The van der Waals surface area contributed by atoms with E-state index in [1.807, 2.05) is 66.7 Å². The van der Waals surface area contributed by atoms with Crippen LogP contribution >= 0.6 is 27.5 Å². The maximum absolute atomic E-state index is 12.8. The van der Waals surface area contributed by atoms with Crippen molar-refractivity contribution >= 4 is 39.7 Å². The highest BCUT2D eigenvalue weighted by Crippen LogP contribution is 2.23. The summed E-state index contributed by atoms with van der Waals surface area (Å²) in [5.41, 5.74) is 5.69. The van der Waals surface area contributed by atoms with Gasteiger partial charge in [0.15, 0.2) is 0 Å². The van der Waals surface area contributed by atoms with Gasteiger partial charge >= 0.3 is 0 Å². The second-order valence-electron chi connectivity index (χ2n) is 7.57. The van der Waals surface area contributed by atoms with Crippen LogP contribution < -0.4 is 14.9 Å². The molecule has 0 spiro atoms. The minimum atomic E-state index is -0.380. The van der Waals surface area contributed by atoms with Crippen molar-refractivity contribution in [3.8, 4) is 11.5 Å². The first-order valence-corrected chi connectivity index (χ1v) is 12.0. The lowest BCUT2D eigenvalue weighted by Gasteiger charge is -2.11. The van der Waals surface area contributed by atoms with E-state index < -0.39 is 0 Å². The second kappa shape index (κ2) is 12.2. The average Bonchev–Trinajstić information content (AvgIpc) is 2.88. The lowest BCUT2D eigenvalue weighted by atomic mass is 10.2. The fourth-order valence-electron chi connectivity index (χ4n) is 3.23. The van der Waals surface area contributed by atoms with E-state index in [0.29, 0.717) is 35.3 Å². The van der Waals surface area contributed by atoms with Crippen LogP contribution in [0, 0.1) is 0 Å². The molecule has 5 nitrogen and oxygen atoms in total. The Morgan fingerprint density at radius 2 is 1.49 bits per heavy atom. The number of nitrogens with zero attached hydrogens (tertiary/aromatic N) is 1. The Balaban J connectivity index is 1.41. The molecule has 176 valence electrons. The van der Waals surface area contributed by atoms with E-state index in [9.17, 15) is 4.79 Å². The Labute approximate surface area is 217 Å². The van der Waals surface area contributed by atoms with Crippen LogP contribution in [0.2, 0.25) is 5.02 Å². The van der Waals surface area contributed by atoms with Crippen LogP contribution in [0.1, 0.15) is 27.0 Å². The summed E-state index contributed by atoms with van der Waals surface area (Å²) in [5.74, 6) is 0.737. The number of benzene rings is 4. The summed E-state index contributed by atoms with van der Waals surface area (Å²) in [7, 11) is 0. The molecular weight excluding hydrogens is 528 g/mol. The molecule has 0 atom stereocenters. The Morgan fingerprint density at radius 1 is 0.829 bits per heavy atom. The molecule has 0 radical (unpaired) electrons. The molecule has 7 heteroatoms. The number of para-hydroxylation sites is 1. The van der Waals surface area contributed by atoms with Crippen LogP contribution in [0.3, 0.4) is 0 Å². The SMILES string of the molecule is O=C(N/N=C\c1cc(Br)ccc1OCc1ccccc1)c1ccccc1OCc1ccc(Cl)cc1. The summed E-state index contributed by atoms with van der Waals surface area (Å²) in [6.07, 6.45) is 1.56. The zero-order valence-corrected chi connectivity index (χ0v) is 21.0. The van der Waals surface area contributed by atoms with Crippen molar-refractivity contribution in [3.05, 3.63) is 129 Å². The Hall–Kier alpha value is -3.61. The van der Waals surface area contributed by atoms with Crippen molar-refractivity contribution in [2.24, 2.45) is 5.10 Å². The van der Waals surface area contributed by atoms with Gasteiger partial charge in [-0.25, -0.2) is 5.43 Å². The number of nitrogens with one attached hydrogen (secondary N) is 1. The van der Waals surface area contributed by atoms with E-state index in [4.69, 9.17) is 21.1 Å². The first-order valence-electron chi connectivity index (χ1n) is 10.8. The normalized spacial score (nSPS) is 10.8. The van der Waals surface area contributed by atoms with Gasteiger partial charge in [0, 0.05) is 15.1 Å². The molecule has 0 aliphatic heterocycles. The van der Waals surface area contributed by atoms with Crippen molar-refractivity contribution in [1.82, 2.24) is 5.43 Å². The summed E-state index contributed by atoms with van der Waals surface area (Å²) < 4.78 is 12.7. The molecule has 4 rings (SSSR count). The number of hydrogen-bond acceptors (Lipinski definition) is 4. The quantitative estimate of drug-likeness (QED) is 0.180. The highest BCUT2D eigenvalue weighted by molar-refractivity contribution is 9.10. The summed E-state index contributed by atoms with van der Waals surface area (Å²) in [5, 5.41) is 4.81. The molecule has 4 aromatic rings. The monoisotopic (exact) mass is 548 g/mol. The molecule has 0 aliphatic carbocycles. The smallest absolute Gasteiger partial charge is 0.275 e. The molecule has 4 aromatic carbocycles. The Bertz CT molecular complexity index is 1310. The zero-order chi connectivity index (χ0) is 24.5. The van der Waals surface area contributed by atoms with Gasteiger partial charge in [-0.05, 0) is 53.6 Å². The van der Waals surface area contributed by atoms with E-state index in [1.54, 1.807) is 36.5 Å². The predicted molar refractivity (Wildman–Crippen MR) is 142 cm³/mol. The number of carbonyl (C=O) groups is 1. The summed E-state index contributed by atoms with van der Waals surface area (Å²) in [4.78, 5) is 12.8. The molecule has 0 aliphatic rings. The maximum Gasteiger partial charge on any atom is 0.275 e. The standard InChI is InChI=1S/C28H22BrClN2O3/c29-23-12-15-26(34-18-20-6-2-1-3-7-20)22(16-23)17-31-32-28(33)25-8-4-5-9-27(25)35-19-21-10-13-24(30)14-11-21/h1-17H,18-19H2,(H,32,33)/b31-17-. The minimum Gasteiger partial charge on any atom is -0.488 e. The Kier molecular flexibility index (Phi) is 8.54. The molecule has 1 amide bonds. The highest BCUT2D eigenvalue weighted by atomic mass is 79.9. The van der Waals surface area contributed by atoms with Gasteiger partial charge in [-0.2, -0.15) is 5.10 Å². The zero-order valence-electron chi connectivity index (χ0n) is 18.7. The topological polar surface area (TPSA) is 59.9 Å². The van der Waals surface area contributed by atoms with Crippen LogP contribution in [0.25, 0.3) is 0 Å². The minimum absolute atomic E-state index is 0.310. The molecule has 0 saturated carbocycles. The number of amides is 1. The van der Waals surface area contributed by atoms with E-state index in [2.05, 4.69) is 26.5 Å². The summed E-state index contributed by atoms with van der Waals surface area (Å²) >= 11 is 9.41. The number of halogens is 2. The number of ether oxygens (including phenoxy) is 2. The molecule has 0 saturated heterocycles. The van der Waals surface area contributed by atoms with Gasteiger partial charge < -0.3 is 9.47 Å². The molecule has 0 aromatic heterocycles. The van der Waals surface area contributed by atoms with E-state index in [1.165, 1.54) is 0 Å². The van der Waals surface area contributed by atoms with E-state index in [-0.39, 0.29) is 5.91 Å². The van der Waals surface area contributed by atoms with Crippen LogP contribution in [0.4, 0.5) is 0 Å². The van der Waals surface area contributed by atoms with E-state index >= 15 is 0 Å². The van der Waals surface area contributed by atoms with Gasteiger partial charge in [-0.15, -0.1) is 0 Å². The maximum atomic E-state index is 12.8. The predicted octanol–water partition coefficient (Wildman–Crippen LogP) is 7.02. The second-order valence-corrected chi connectivity index (χ2v) is 8.92. The number of hydrogen-bond donors (Lipinski definition) is 1. The third-order valence-electron chi connectivity index (χ3n) is 5.02.